The number of unbranched alkanes of at least 4 members (excludes halogenated alkanes) is 5. The summed E-state index contributed by atoms with van der Waals surface area (Å²) in [7, 11) is 0. The third-order valence-electron chi connectivity index (χ3n) is 4.95. The Morgan fingerprint density at radius 1 is 0.480 bits per heavy atom. The van der Waals surface area contributed by atoms with Crippen LogP contribution in [0, 0.1) is 17.8 Å². The Bertz CT molecular complexity index is 171. The van der Waals surface area contributed by atoms with Crippen LogP contribution in [0.4, 0.5) is 0 Å². The fourth-order valence-corrected chi connectivity index (χ4v) is 3.26. The summed E-state index contributed by atoms with van der Waals surface area (Å²) < 4.78 is 0. The fourth-order valence-electron chi connectivity index (χ4n) is 3.26. The maximum Gasteiger partial charge on any atom is -0.0363 e. The van der Waals surface area contributed by atoms with Gasteiger partial charge < -0.3 is 0 Å². The van der Waals surface area contributed by atoms with Crippen LogP contribution in [0.1, 0.15) is 147 Å². The molecular formula is C25H58. The molecule has 0 radical (unpaired) electrons. The third-order valence-corrected chi connectivity index (χ3v) is 4.95. The molecule has 0 spiro atoms. The molecule has 0 heterocycles. The Kier molecular flexibility index (Phi) is 41.5. The van der Waals surface area contributed by atoms with Crippen molar-refractivity contribution in [2.45, 2.75) is 147 Å². The highest BCUT2D eigenvalue weighted by Crippen LogP contribution is 2.31. The Morgan fingerprint density at radius 2 is 0.960 bits per heavy atom. The maximum atomic E-state index is 2.47. The summed E-state index contributed by atoms with van der Waals surface area (Å²) in [6.07, 6.45) is 15.4. The average molecular weight is 359 g/mol. The van der Waals surface area contributed by atoms with Gasteiger partial charge in [0.05, 0.1) is 0 Å². The number of rotatable bonds is 12. The third kappa shape index (κ3) is 26.3. The normalized spacial score (nSPS) is 13.1. The first-order valence-corrected chi connectivity index (χ1v) is 12.1. The van der Waals surface area contributed by atoms with Crippen LogP contribution >= 0.6 is 0 Å². The molecule has 0 aromatic carbocycles. The van der Waals surface area contributed by atoms with E-state index in [1.165, 1.54) is 70.6 Å². The molecule has 0 aliphatic rings. The SMILES string of the molecule is CC.CC.CCCCC.CCCCCCC(C(C)CC)C(C)CCC. The summed E-state index contributed by atoms with van der Waals surface area (Å²) in [5, 5.41) is 0. The second kappa shape index (κ2) is 31.7. The molecule has 0 aromatic rings. The highest BCUT2D eigenvalue weighted by Gasteiger charge is 2.21. The van der Waals surface area contributed by atoms with E-state index in [4.69, 9.17) is 0 Å². The van der Waals surface area contributed by atoms with Gasteiger partial charge in [0.25, 0.3) is 0 Å². The predicted molar refractivity (Wildman–Crippen MR) is 124 cm³/mol. The van der Waals surface area contributed by atoms with E-state index >= 15 is 0 Å². The molecular weight excluding hydrogens is 300 g/mol. The summed E-state index contributed by atoms with van der Waals surface area (Å²) >= 11 is 0. The molecule has 0 aromatic heterocycles. The summed E-state index contributed by atoms with van der Waals surface area (Å²) in [4.78, 5) is 0. The zero-order valence-corrected chi connectivity index (χ0v) is 20.5. The predicted octanol–water partition coefficient (Wildman–Crippen LogP) is 10.3. The summed E-state index contributed by atoms with van der Waals surface area (Å²) in [6, 6.07) is 0. The van der Waals surface area contributed by atoms with Gasteiger partial charge in [-0.25, -0.2) is 0 Å². The van der Waals surface area contributed by atoms with Crippen LogP contribution in [0.2, 0.25) is 0 Å². The molecule has 0 heteroatoms. The molecule has 0 rings (SSSR count). The van der Waals surface area contributed by atoms with E-state index < -0.39 is 0 Å². The van der Waals surface area contributed by atoms with Crippen molar-refractivity contribution in [1.82, 2.24) is 0 Å². The van der Waals surface area contributed by atoms with Gasteiger partial charge in [0.15, 0.2) is 0 Å². The second-order valence-corrected chi connectivity index (χ2v) is 7.02. The van der Waals surface area contributed by atoms with Crippen molar-refractivity contribution in [1.29, 1.82) is 0 Å². The van der Waals surface area contributed by atoms with Gasteiger partial charge in [-0.05, 0) is 24.2 Å². The van der Waals surface area contributed by atoms with E-state index in [2.05, 4.69) is 48.5 Å². The van der Waals surface area contributed by atoms with Crippen molar-refractivity contribution in [3.63, 3.8) is 0 Å². The molecule has 0 amide bonds. The van der Waals surface area contributed by atoms with Crippen LogP contribution < -0.4 is 0 Å². The first-order chi connectivity index (χ1) is 12.1. The topological polar surface area (TPSA) is 0 Å². The molecule has 158 valence electrons. The number of hydrogen-bond acceptors (Lipinski definition) is 0. The van der Waals surface area contributed by atoms with Gasteiger partial charge in [0.2, 0.25) is 0 Å². The van der Waals surface area contributed by atoms with Crippen LogP contribution in [0.15, 0.2) is 0 Å². The zero-order chi connectivity index (χ0) is 20.5. The van der Waals surface area contributed by atoms with E-state index in [1.807, 2.05) is 27.7 Å². The Hall–Kier alpha value is 0. The highest BCUT2D eigenvalue weighted by molar-refractivity contribution is 4.71. The lowest BCUT2D eigenvalue weighted by Gasteiger charge is -2.29. The van der Waals surface area contributed by atoms with E-state index in [-0.39, 0.29) is 0 Å². The molecule has 3 atom stereocenters. The van der Waals surface area contributed by atoms with Gasteiger partial charge in [-0.2, -0.15) is 0 Å². The van der Waals surface area contributed by atoms with Gasteiger partial charge in [-0.15, -0.1) is 0 Å². The van der Waals surface area contributed by atoms with Crippen molar-refractivity contribution in [2.75, 3.05) is 0 Å². The first-order valence-electron chi connectivity index (χ1n) is 12.1. The zero-order valence-electron chi connectivity index (χ0n) is 20.5. The summed E-state index contributed by atoms with van der Waals surface area (Å²) in [5.41, 5.74) is 0. The first kappa shape index (κ1) is 32.7. The molecule has 0 saturated carbocycles. The lowest BCUT2D eigenvalue weighted by atomic mass is 9.77. The average Bonchev–Trinajstić information content (AvgIpc) is 2.66. The molecule has 0 aliphatic heterocycles. The van der Waals surface area contributed by atoms with Crippen LogP contribution in [0.25, 0.3) is 0 Å². The quantitative estimate of drug-likeness (QED) is 0.304. The van der Waals surface area contributed by atoms with E-state index in [1.54, 1.807) is 0 Å². The van der Waals surface area contributed by atoms with Crippen LogP contribution in [-0.2, 0) is 0 Å². The largest absolute Gasteiger partial charge is 0.0683 e. The minimum Gasteiger partial charge on any atom is -0.0683 e. The van der Waals surface area contributed by atoms with Crippen molar-refractivity contribution in [2.24, 2.45) is 17.8 Å². The van der Waals surface area contributed by atoms with Gasteiger partial charge in [0.1, 0.15) is 0 Å². The lowest BCUT2D eigenvalue weighted by molar-refractivity contribution is 0.215. The second-order valence-electron chi connectivity index (χ2n) is 7.02. The molecule has 25 heavy (non-hydrogen) atoms. The Labute approximate surface area is 165 Å². The van der Waals surface area contributed by atoms with Gasteiger partial charge in [-0.3, -0.25) is 0 Å². The van der Waals surface area contributed by atoms with Gasteiger partial charge in [0, 0.05) is 0 Å². The Balaban J connectivity index is -0.000000205. The van der Waals surface area contributed by atoms with Crippen molar-refractivity contribution in [3.8, 4) is 0 Å². The van der Waals surface area contributed by atoms with E-state index in [0.717, 1.165) is 17.8 Å². The van der Waals surface area contributed by atoms with E-state index in [9.17, 15) is 0 Å². The monoisotopic (exact) mass is 358 g/mol. The van der Waals surface area contributed by atoms with Gasteiger partial charge >= 0.3 is 0 Å². The molecule has 3 unspecified atom stereocenters. The molecule has 0 nitrogen and oxygen atoms in total. The fraction of sp³-hybridized carbons (Fsp3) is 1.00. The number of hydrogen-bond donors (Lipinski definition) is 0. The summed E-state index contributed by atoms with van der Waals surface area (Å²) in [5.74, 6) is 2.83. The molecule has 0 aliphatic carbocycles. The Morgan fingerprint density at radius 3 is 1.28 bits per heavy atom. The van der Waals surface area contributed by atoms with E-state index in [0.29, 0.717) is 0 Å². The van der Waals surface area contributed by atoms with Crippen LogP contribution in [0.5, 0.6) is 0 Å². The molecule has 0 N–H and O–H groups in total. The minimum absolute atomic E-state index is 0.920. The maximum absolute atomic E-state index is 2.47. The molecule has 0 bridgehead atoms. The summed E-state index contributed by atoms with van der Waals surface area (Å²) in [6.45, 7) is 24.3. The standard InChI is InChI=1S/C16H34.C5H12.2C2H6/c1-6-9-10-11-13-16(14(4)8-3)15(5)12-7-2;1-3-5-4-2;2*1-2/h14-16H,6-13H2,1-5H3;3-5H2,1-2H3;2*1-2H3. The minimum atomic E-state index is 0.920. The van der Waals surface area contributed by atoms with Crippen LogP contribution in [-0.4, -0.2) is 0 Å². The molecule has 0 saturated heterocycles. The van der Waals surface area contributed by atoms with Crippen LogP contribution in [0.3, 0.4) is 0 Å². The highest BCUT2D eigenvalue weighted by atomic mass is 14.3. The molecule has 0 fully saturated rings. The van der Waals surface area contributed by atoms with Crippen molar-refractivity contribution >= 4 is 0 Å². The smallest absolute Gasteiger partial charge is 0.0363 e. The lowest BCUT2D eigenvalue weighted by Crippen LogP contribution is -2.19. The van der Waals surface area contributed by atoms with Crippen molar-refractivity contribution in [3.05, 3.63) is 0 Å². The van der Waals surface area contributed by atoms with Gasteiger partial charge in [-0.1, -0.05) is 140 Å². The van der Waals surface area contributed by atoms with Crippen molar-refractivity contribution < 1.29 is 0 Å².